The Hall–Kier alpha value is -2.34. The van der Waals surface area contributed by atoms with Crippen LogP contribution in [-0.4, -0.2) is 34.8 Å². The monoisotopic (exact) mass is 375 g/mol. The van der Waals surface area contributed by atoms with Gasteiger partial charge in [-0.05, 0) is 31.1 Å². The molecule has 2 heterocycles. The third kappa shape index (κ3) is 5.33. The normalized spacial score (nSPS) is 11.1. The van der Waals surface area contributed by atoms with E-state index in [1.165, 1.54) is 6.08 Å². The van der Waals surface area contributed by atoms with Crippen LogP contribution in [0.3, 0.4) is 0 Å². The summed E-state index contributed by atoms with van der Waals surface area (Å²) in [5.41, 5.74) is 2.55. The van der Waals surface area contributed by atoms with Crippen LogP contribution in [0.15, 0.2) is 24.4 Å². The second kappa shape index (κ2) is 9.38. The van der Waals surface area contributed by atoms with Gasteiger partial charge in [0.2, 0.25) is 5.91 Å². The number of carbonyl (C=O) groups is 1. The molecule has 1 amide bonds. The molecule has 26 heavy (non-hydrogen) atoms. The SMILES string of the molecule is CCCCn1nc(C)c(/C=C/C(=O)NCc2ccc(N(C)C)nc2)c1Cl. The zero-order valence-corrected chi connectivity index (χ0v) is 16.5. The number of aryl methyl sites for hydroxylation is 2. The fourth-order valence-corrected chi connectivity index (χ4v) is 2.73. The van der Waals surface area contributed by atoms with E-state index >= 15 is 0 Å². The Morgan fingerprint density at radius 2 is 2.15 bits per heavy atom. The number of unbranched alkanes of at least 4 members (excludes halogenated alkanes) is 1. The van der Waals surface area contributed by atoms with Crippen LogP contribution in [0.25, 0.3) is 6.08 Å². The second-order valence-corrected chi connectivity index (χ2v) is 6.69. The third-order valence-corrected chi connectivity index (χ3v) is 4.37. The third-order valence-electron chi connectivity index (χ3n) is 3.97. The van der Waals surface area contributed by atoms with Crippen LogP contribution in [0.5, 0.6) is 0 Å². The molecule has 0 fully saturated rings. The summed E-state index contributed by atoms with van der Waals surface area (Å²) in [6.07, 6.45) is 7.06. The van der Waals surface area contributed by atoms with Crippen LogP contribution in [0.2, 0.25) is 5.15 Å². The van der Waals surface area contributed by atoms with Gasteiger partial charge in [-0.1, -0.05) is 31.0 Å². The van der Waals surface area contributed by atoms with Crippen molar-refractivity contribution in [2.75, 3.05) is 19.0 Å². The Kier molecular flexibility index (Phi) is 7.21. The van der Waals surface area contributed by atoms with Crippen LogP contribution in [-0.2, 0) is 17.9 Å². The first-order valence-electron chi connectivity index (χ1n) is 8.73. The Bertz CT molecular complexity index is 765. The van der Waals surface area contributed by atoms with Crippen LogP contribution < -0.4 is 10.2 Å². The van der Waals surface area contributed by atoms with Crippen molar-refractivity contribution in [3.63, 3.8) is 0 Å². The molecule has 0 unspecified atom stereocenters. The number of nitrogens with zero attached hydrogens (tertiary/aromatic N) is 4. The number of nitrogens with one attached hydrogen (secondary N) is 1. The van der Waals surface area contributed by atoms with E-state index < -0.39 is 0 Å². The lowest BCUT2D eigenvalue weighted by atomic mass is 10.2. The van der Waals surface area contributed by atoms with Crippen molar-refractivity contribution in [2.24, 2.45) is 0 Å². The van der Waals surface area contributed by atoms with Crippen LogP contribution in [0.1, 0.15) is 36.6 Å². The second-order valence-electron chi connectivity index (χ2n) is 6.34. The first-order chi connectivity index (χ1) is 12.4. The number of amides is 1. The van der Waals surface area contributed by atoms with E-state index in [9.17, 15) is 4.79 Å². The summed E-state index contributed by atoms with van der Waals surface area (Å²) in [5, 5.41) is 7.85. The van der Waals surface area contributed by atoms with Gasteiger partial charge in [-0.25, -0.2) is 4.98 Å². The van der Waals surface area contributed by atoms with Gasteiger partial charge in [0.1, 0.15) is 11.0 Å². The minimum absolute atomic E-state index is 0.182. The fourth-order valence-electron chi connectivity index (χ4n) is 2.41. The lowest BCUT2D eigenvalue weighted by molar-refractivity contribution is -0.116. The van der Waals surface area contributed by atoms with E-state index in [1.54, 1.807) is 17.0 Å². The van der Waals surface area contributed by atoms with Crippen molar-refractivity contribution in [3.8, 4) is 0 Å². The Morgan fingerprint density at radius 3 is 2.77 bits per heavy atom. The zero-order chi connectivity index (χ0) is 19.1. The van der Waals surface area contributed by atoms with Gasteiger partial charge in [0.25, 0.3) is 0 Å². The highest BCUT2D eigenvalue weighted by atomic mass is 35.5. The molecule has 0 bridgehead atoms. The minimum Gasteiger partial charge on any atom is -0.363 e. The zero-order valence-electron chi connectivity index (χ0n) is 15.8. The van der Waals surface area contributed by atoms with E-state index in [2.05, 4.69) is 22.3 Å². The number of anilines is 1. The Morgan fingerprint density at radius 1 is 1.38 bits per heavy atom. The molecule has 0 aliphatic carbocycles. The van der Waals surface area contributed by atoms with Crippen molar-refractivity contribution in [1.82, 2.24) is 20.1 Å². The first-order valence-corrected chi connectivity index (χ1v) is 9.11. The maximum Gasteiger partial charge on any atom is 0.244 e. The molecule has 0 aromatic carbocycles. The van der Waals surface area contributed by atoms with Crippen molar-refractivity contribution in [1.29, 1.82) is 0 Å². The molecule has 0 saturated carbocycles. The minimum atomic E-state index is -0.182. The van der Waals surface area contributed by atoms with Gasteiger partial charge in [0.15, 0.2) is 0 Å². The lowest BCUT2D eigenvalue weighted by Gasteiger charge is -2.11. The fraction of sp³-hybridized carbons (Fsp3) is 0.421. The summed E-state index contributed by atoms with van der Waals surface area (Å²) in [6, 6.07) is 3.87. The predicted molar refractivity (Wildman–Crippen MR) is 106 cm³/mol. The maximum atomic E-state index is 12.1. The molecule has 0 aliphatic heterocycles. The van der Waals surface area contributed by atoms with Gasteiger partial charge >= 0.3 is 0 Å². The first kappa shape index (κ1) is 20.0. The van der Waals surface area contributed by atoms with Crippen molar-refractivity contribution < 1.29 is 4.79 Å². The topological polar surface area (TPSA) is 63.1 Å². The van der Waals surface area contributed by atoms with E-state index in [4.69, 9.17) is 11.6 Å². The summed E-state index contributed by atoms with van der Waals surface area (Å²) in [4.78, 5) is 18.3. The van der Waals surface area contributed by atoms with Crippen molar-refractivity contribution >= 4 is 29.4 Å². The number of hydrogen-bond acceptors (Lipinski definition) is 4. The molecule has 2 rings (SSSR count). The summed E-state index contributed by atoms with van der Waals surface area (Å²) in [5.74, 6) is 0.698. The van der Waals surface area contributed by atoms with Gasteiger partial charge in [-0.3, -0.25) is 9.48 Å². The molecule has 2 aromatic heterocycles. The van der Waals surface area contributed by atoms with Gasteiger partial charge in [0, 0.05) is 45.0 Å². The average molecular weight is 376 g/mol. The number of hydrogen-bond donors (Lipinski definition) is 1. The van der Waals surface area contributed by atoms with Crippen molar-refractivity contribution in [3.05, 3.63) is 46.4 Å². The highest BCUT2D eigenvalue weighted by molar-refractivity contribution is 6.31. The Labute approximate surface area is 159 Å². The van der Waals surface area contributed by atoms with Gasteiger partial charge < -0.3 is 10.2 Å². The summed E-state index contributed by atoms with van der Waals surface area (Å²) in [6.45, 7) is 5.22. The van der Waals surface area contributed by atoms with Crippen molar-refractivity contribution in [2.45, 2.75) is 39.8 Å². The highest BCUT2D eigenvalue weighted by Gasteiger charge is 2.11. The number of aromatic nitrogens is 3. The van der Waals surface area contributed by atoms with E-state index in [0.717, 1.165) is 42.0 Å². The molecular formula is C19H26ClN5O. The van der Waals surface area contributed by atoms with Crippen LogP contribution in [0, 0.1) is 6.92 Å². The molecule has 7 heteroatoms. The quantitative estimate of drug-likeness (QED) is 0.718. The summed E-state index contributed by atoms with van der Waals surface area (Å²) in [7, 11) is 3.87. The van der Waals surface area contributed by atoms with E-state index in [1.807, 2.05) is 38.1 Å². The van der Waals surface area contributed by atoms with Gasteiger partial charge in [-0.2, -0.15) is 5.10 Å². The molecule has 2 aromatic rings. The molecule has 0 saturated heterocycles. The van der Waals surface area contributed by atoms with Crippen LogP contribution in [0.4, 0.5) is 5.82 Å². The lowest BCUT2D eigenvalue weighted by Crippen LogP contribution is -2.20. The molecule has 0 aliphatic rings. The summed E-state index contributed by atoms with van der Waals surface area (Å²) < 4.78 is 1.79. The average Bonchev–Trinajstić information content (AvgIpc) is 2.90. The predicted octanol–water partition coefficient (Wildman–Crippen LogP) is 3.44. The molecule has 0 radical (unpaired) electrons. The Balaban J connectivity index is 1.94. The number of pyridine rings is 1. The standard InChI is InChI=1S/C19H26ClN5O/c1-5-6-11-25-19(20)16(14(2)23-25)8-10-18(26)22-13-15-7-9-17(21-12-15)24(3)4/h7-10,12H,5-6,11,13H2,1-4H3,(H,22,26)/b10-8+. The number of halogens is 1. The molecular weight excluding hydrogens is 350 g/mol. The van der Waals surface area contributed by atoms with Crippen LogP contribution >= 0.6 is 11.6 Å². The molecule has 0 spiro atoms. The molecule has 6 nitrogen and oxygen atoms in total. The van der Waals surface area contributed by atoms with Gasteiger partial charge in [-0.15, -0.1) is 0 Å². The highest BCUT2D eigenvalue weighted by Crippen LogP contribution is 2.21. The molecule has 0 atom stereocenters. The summed E-state index contributed by atoms with van der Waals surface area (Å²) >= 11 is 6.37. The van der Waals surface area contributed by atoms with Gasteiger partial charge in [0.05, 0.1) is 5.69 Å². The molecule has 140 valence electrons. The van der Waals surface area contributed by atoms with E-state index in [-0.39, 0.29) is 5.91 Å². The number of rotatable bonds is 8. The molecule has 1 N–H and O–H groups in total. The van der Waals surface area contributed by atoms with E-state index in [0.29, 0.717) is 11.7 Å². The largest absolute Gasteiger partial charge is 0.363 e. The maximum absolute atomic E-state index is 12.1. The smallest absolute Gasteiger partial charge is 0.244 e. The number of carbonyl (C=O) groups excluding carboxylic acids is 1.